The molecule has 0 spiro atoms. The van der Waals surface area contributed by atoms with Crippen LogP contribution in [0.5, 0.6) is 0 Å². The molecule has 1 aromatic carbocycles. The minimum absolute atomic E-state index is 0.0485. The van der Waals surface area contributed by atoms with Crippen LogP contribution < -0.4 is 4.90 Å². The van der Waals surface area contributed by atoms with Gasteiger partial charge in [0.2, 0.25) is 5.91 Å². The molecule has 1 saturated heterocycles. The number of rotatable bonds is 1. The minimum Gasteiger partial charge on any atom is -0.312 e. The van der Waals surface area contributed by atoms with E-state index in [9.17, 15) is 14.0 Å². The van der Waals surface area contributed by atoms with Gasteiger partial charge in [0.15, 0.2) is 0 Å². The lowest BCUT2D eigenvalue weighted by molar-refractivity contribution is -0.128. The molecule has 78 valence electrons. The molecule has 1 fully saturated rings. The molecule has 0 bridgehead atoms. The zero-order valence-corrected chi connectivity index (χ0v) is 8.07. The zero-order chi connectivity index (χ0) is 10.8. The Hall–Kier alpha value is -1.71. The third kappa shape index (κ3) is 2.03. The first-order valence-electron chi connectivity index (χ1n) is 4.74. The van der Waals surface area contributed by atoms with Gasteiger partial charge < -0.3 is 4.90 Å². The van der Waals surface area contributed by atoms with Crippen molar-refractivity contribution in [1.82, 2.24) is 0 Å². The van der Waals surface area contributed by atoms with Gasteiger partial charge in [-0.2, -0.15) is 0 Å². The molecular weight excluding hydrogens is 197 g/mol. The second kappa shape index (κ2) is 3.81. The molecule has 0 N–H and O–H groups in total. The van der Waals surface area contributed by atoms with E-state index in [-0.39, 0.29) is 23.9 Å². The van der Waals surface area contributed by atoms with Crippen LogP contribution in [0.1, 0.15) is 12.8 Å². The van der Waals surface area contributed by atoms with Crippen LogP contribution in [0, 0.1) is 5.82 Å². The number of ketones is 1. The molecule has 2 rings (SSSR count). The standard InChI is InChI=1S/C11H10FNO2/c12-8-2-1-3-9(6-8)13-5-4-10(14)7-11(13)15/h1-3,6H,4-5,7H2. The number of anilines is 1. The molecule has 1 heterocycles. The maximum Gasteiger partial charge on any atom is 0.234 e. The minimum atomic E-state index is -0.378. The molecule has 1 amide bonds. The van der Waals surface area contributed by atoms with E-state index in [0.717, 1.165) is 0 Å². The summed E-state index contributed by atoms with van der Waals surface area (Å²) < 4.78 is 12.9. The topological polar surface area (TPSA) is 37.4 Å². The van der Waals surface area contributed by atoms with Gasteiger partial charge in [0, 0.05) is 18.7 Å². The van der Waals surface area contributed by atoms with E-state index in [1.807, 2.05) is 0 Å². The van der Waals surface area contributed by atoms with Gasteiger partial charge in [0.25, 0.3) is 0 Å². The highest BCUT2D eigenvalue weighted by Gasteiger charge is 2.24. The van der Waals surface area contributed by atoms with Gasteiger partial charge in [-0.15, -0.1) is 0 Å². The average molecular weight is 207 g/mol. The van der Waals surface area contributed by atoms with E-state index in [4.69, 9.17) is 0 Å². The lowest BCUT2D eigenvalue weighted by atomic mass is 10.1. The van der Waals surface area contributed by atoms with Crippen LogP contribution in [0.2, 0.25) is 0 Å². The molecule has 0 atom stereocenters. The first kappa shape index (κ1) is 9.83. The Kier molecular flexibility index (Phi) is 2.49. The number of Topliss-reactive ketones (excluding diaryl/α,β-unsaturated/α-hetero) is 1. The first-order valence-corrected chi connectivity index (χ1v) is 4.74. The summed E-state index contributed by atoms with van der Waals surface area (Å²) in [5, 5.41) is 0. The molecule has 4 heteroatoms. The molecule has 3 nitrogen and oxygen atoms in total. The quantitative estimate of drug-likeness (QED) is 0.655. The van der Waals surface area contributed by atoms with Crippen LogP contribution in [0.25, 0.3) is 0 Å². The van der Waals surface area contributed by atoms with Gasteiger partial charge in [-0.1, -0.05) is 6.07 Å². The Morgan fingerprint density at radius 3 is 2.73 bits per heavy atom. The number of hydrogen-bond donors (Lipinski definition) is 0. The molecule has 15 heavy (non-hydrogen) atoms. The van der Waals surface area contributed by atoms with Crippen molar-refractivity contribution in [2.24, 2.45) is 0 Å². The molecule has 0 aromatic heterocycles. The fourth-order valence-electron chi connectivity index (χ4n) is 1.63. The van der Waals surface area contributed by atoms with Gasteiger partial charge in [-0.25, -0.2) is 4.39 Å². The maximum absolute atomic E-state index is 12.9. The van der Waals surface area contributed by atoms with Gasteiger partial charge >= 0.3 is 0 Å². The van der Waals surface area contributed by atoms with E-state index < -0.39 is 0 Å². The van der Waals surface area contributed by atoms with E-state index in [1.165, 1.54) is 17.0 Å². The Morgan fingerprint density at radius 2 is 2.07 bits per heavy atom. The molecule has 1 aliphatic heterocycles. The summed E-state index contributed by atoms with van der Waals surface area (Å²) in [6.07, 6.45) is 0.277. The summed E-state index contributed by atoms with van der Waals surface area (Å²) in [6.45, 7) is 0.348. The Morgan fingerprint density at radius 1 is 1.27 bits per heavy atom. The van der Waals surface area contributed by atoms with Crippen LogP contribution in [0.15, 0.2) is 24.3 Å². The van der Waals surface area contributed by atoms with Gasteiger partial charge in [-0.05, 0) is 18.2 Å². The summed E-state index contributed by atoms with van der Waals surface area (Å²) in [5.41, 5.74) is 0.521. The number of nitrogens with zero attached hydrogens (tertiary/aromatic N) is 1. The Labute approximate surface area is 86.5 Å². The second-order valence-electron chi connectivity index (χ2n) is 3.49. The maximum atomic E-state index is 12.9. The van der Waals surface area contributed by atoms with Crippen molar-refractivity contribution in [1.29, 1.82) is 0 Å². The van der Waals surface area contributed by atoms with Crippen molar-refractivity contribution in [3.63, 3.8) is 0 Å². The molecular formula is C11H10FNO2. The SMILES string of the molecule is O=C1CCN(c2cccc(F)c2)C(=O)C1. The molecule has 0 radical (unpaired) electrons. The zero-order valence-electron chi connectivity index (χ0n) is 8.07. The highest BCUT2D eigenvalue weighted by Crippen LogP contribution is 2.19. The van der Waals surface area contributed by atoms with Crippen LogP contribution in [-0.4, -0.2) is 18.2 Å². The molecule has 0 saturated carbocycles. The van der Waals surface area contributed by atoms with Crippen LogP contribution in [0.4, 0.5) is 10.1 Å². The predicted octanol–water partition coefficient (Wildman–Crippen LogP) is 1.52. The Balaban J connectivity index is 2.24. The fraction of sp³-hybridized carbons (Fsp3) is 0.273. The highest BCUT2D eigenvalue weighted by molar-refractivity contribution is 6.08. The van der Waals surface area contributed by atoms with Gasteiger partial charge in [-0.3, -0.25) is 9.59 Å². The third-order valence-electron chi connectivity index (χ3n) is 2.38. The number of carbonyl (C=O) groups is 2. The van der Waals surface area contributed by atoms with Crippen LogP contribution >= 0.6 is 0 Å². The average Bonchev–Trinajstić information content (AvgIpc) is 2.17. The molecule has 0 unspecified atom stereocenters. The summed E-state index contributed by atoms with van der Waals surface area (Å²) >= 11 is 0. The number of carbonyl (C=O) groups excluding carboxylic acids is 2. The van der Waals surface area contributed by atoms with E-state index in [2.05, 4.69) is 0 Å². The summed E-state index contributed by atoms with van der Waals surface area (Å²) in [4.78, 5) is 23.9. The second-order valence-corrected chi connectivity index (χ2v) is 3.49. The normalized spacial score (nSPS) is 17.0. The monoisotopic (exact) mass is 207 g/mol. The first-order chi connectivity index (χ1) is 7.16. The molecule has 0 aliphatic carbocycles. The smallest absolute Gasteiger partial charge is 0.234 e. The van der Waals surface area contributed by atoms with Crippen molar-refractivity contribution in [3.05, 3.63) is 30.1 Å². The van der Waals surface area contributed by atoms with Gasteiger partial charge in [0.1, 0.15) is 11.6 Å². The van der Waals surface area contributed by atoms with Gasteiger partial charge in [0.05, 0.1) is 6.42 Å². The van der Waals surface area contributed by atoms with Crippen molar-refractivity contribution >= 4 is 17.4 Å². The van der Waals surface area contributed by atoms with E-state index >= 15 is 0 Å². The molecule has 1 aliphatic rings. The lowest BCUT2D eigenvalue weighted by Gasteiger charge is -2.26. The fourth-order valence-corrected chi connectivity index (χ4v) is 1.63. The van der Waals surface area contributed by atoms with E-state index in [0.29, 0.717) is 18.7 Å². The van der Waals surface area contributed by atoms with Crippen molar-refractivity contribution in [3.8, 4) is 0 Å². The number of halogens is 1. The summed E-state index contributed by atoms with van der Waals surface area (Å²) in [5.74, 6) is -0.679. The Bertz CT molecular complexity index is 417. The van der Waals surface area contributed by atoms with Crippen molar-refractivity contribution in [2.45, 2.75) is 12.8 Å². The predicted molar refractivity (Wildman–Crippen MR) is 53.0 cm³/mol. The van der Waals surface area contributed by atoms with Crippen LogP contribution in [-0.2, 0) is 9.59 Å². The van der Waals surface area contributed by atoms with Crippen LogP contribution in [0.3, 0.4) is 0 Å². The highest BCUT2D eigenvalue weighted by atomic mass is 19.1. The number of hydrogen-bond acceptors (Lipinski definition) is 2. The summed E-state index contributed by atoms with van der Waals surface area (Å²) in [6, 6.07) is 5.84. The summed E-state index contributed by atoms with van der Waals surface area (Å²) in [7, 11) is 0. The number of piperidine rings is 1. The number of amides is 1. The number of benzene rings is 1. The lowest BCUT2D eigenvalue weighted by Crippen LogP contribution is -2.39. The molecule has 1 aromatic rings. The largest absolute Gasteiger partial charge is 0.312 e. The third-order valence-corrected chi connectivity index (χ3v) is 2.38. The van der Waals surface area contributed by atoms with Crippen molar-refractivity contribution < 1.29 is 14.0 Å². The van der Waals surface area contributed by atoms with Crippen molar-refractivity contribution in [2.75, 3.05) is 11.4 Å². The van der Waals surface area contributed by atoms with E-state index in [1.54, 1.807) is 12.1 Å².